The summed E-state index contributed by atoms with van der Waals surface area (Å²) < 4.78 is 6.83. The second-order valence-corrected chi connectivity index (χ2v) is 7.28. The number of nitrogens with zero attached hydrogens (tertiary/aromatic N) is 3. The highest BCUT2D eigenvalue weighted by Gasteiger charge is 2.18. The van der Waals surface area contributed by atoms with E-state index in [9.17, 15) is 9.59 Å². The number of hydrogen-bond donors (Lipinski definition) is 2. The standard InChI is InChI=1S/C25H23N5O3/c1-2-33-25(32)23-15-22(29-30(23)16-17-6-10-19(26)11-7-17)18-8-12-20(13-9-18)28-24(31)21-5-3-4-14-27-21/h3-15H,2,16,26H2,1H3,(H,28,31). The van der Waals surface area contributed by atoms with Crippen LogP contribution in [0.1, 0.15) is 33.5 Å². The Balaban J connectivity index is 1.56. The third kappa shape index (κ3) is 5.24. The molecule has 33 heavy (non-hydrogen) atoms. The maximum absolute atomic E-state index is 12.5. The Morgan fingerprint density at radius 1 is 1.03 bits per heavy atom. The van der Waals surface area contributed by atoms with Gasteiger partial charge in [-0.3, -0.25) is 14.5 Å². The zero-order valence-corrected chi connectivity index (χ0v) is 18.1. The summed E-state index contributed by atoms with van der Waals surface area (Å²) >= 11 is 0. The fourth-order valence-electron chi connectivity index (χ4n) is 3.26. The van der Waals surface area contributed by atoms with Gasteiger partial charge in [0.25, 0.3) is 5.91 Å². The van der Waals surface area contributed by atoms with Crippen molar-refractivity contribution in [2.45, 2.75) is 13.5 Å². The average Bonchev–Trinajstić information content (AvgIpc) is 3.25. The fourth-order valence-corrected chi connectivity index (χ4v) is 3.26. The molecule has 0 spiro atoms. The molecule has 2 aromatic heterocycles. The third-order valence-corrected chi connectivity index (χ3v) is 4.91. The van der Waals surface area contributed by atoms with Crippen molar-refractivity contribution in [2.75, 3.05) is 17.7 Å². The first kappa shape index (κ1) is 21.8. The smallest absolute Gasteiger partial charge is 0.356 e. The van der Waals surface area contributed by atoms with E-state index in [0.717, 1.165) is 11.1 Å². The van der Waals surface area contributed by atoms with E-state index in [1.807, 2.05) is 36.4 Å². The molecule has 0 unspecified atom stereocenters. The molecule has 1 amide bonds. The first-order valence-corrected chi connectivity index (χ1v) is 10.5. The number of ether oxygens (including phenoxy) is 1. The zero-order chi connectivity index (χ0) is 23.2. The van der Waals surface area contributed by atoms with Gasteiger partial charge in [0, 0.05) is 23.1 Å². The van der Waals surface area contributed by atoms with Gasteiger partial charge >= 0.3 is 5.97 Å². The molecule has 0 aliphatic carbocycles. The Morgan fingerprint density at radius 3 is 2.45 bits per heavy atom. The minimum Gasteiger partial charge on any atom is -0.461 e. The van der Waals surface area contributed by atoms with Crippen molar-refractivity contribution in [3.63, 3.8) is 0 Å². The highest BCUT2D eigenvalue weighted by Crippen LogP contribution is 2.23. The first-order chi connectivity index (χ1) is 16.0. The average molecular weight is 441 g/mol. The lowest BCUT2D eigenvalue weighted by molar-refractivity contribution is 0.0512. The number of carbonyl (C=O) groups excluding carboxylic acids is 2. The van der Waals surface area contributed by atoms with Gasteiger partial charge < -0.3 is 15.8 Å². The van der Waals surface area contributed by atoms with Crippen LogP contribution in [-0.4, -0.2) is 33.2 Å². The number of pyridine rings is 1. The predicted molar refractivity (Wildman–Crippen MR) is 126 cm³/mol. The largest absolute Gasteiger partial charge is 0.461 e. The van der Waals surface area contributed by atoms with E-state index in [1.54, 1.807) is 54.2 Å². The summed E-state index contributed by atoms with van der Waals surface area (Å²) in [5.41, 5.74) is 10.1. The second kappa shape index (κ2) is 9.78. The summed E-state index contributed by atoms with van der Waals surface area (Å²) in [4.78, 5) is 28.9. The molecule has 0 bridgehead atoms. The van der Waals surface area contributed by atoms with Crippen molar-refractivity contribution in [1.29, 1.82) is 0 Å². The van der Waals surface area contributed by atoms with E-state index in [1.165, 1.54) is 0 Å². The Bertz CT molecular complexity index is 1250. The van der Waals surface area contributed by atoms with Crippen molar-refractivity contribution >= 4 is 23.3 Å². The van der Waals surface area contributed by atoms with Crippen LogP contribution in [0.2, 0.25) is 0 Å². The van der Waals surface area contributed by atoms with Gasteiger partial charge in [0.1, 0.15) is 11.4 Å². The molecule has 0 radical (unpaired) electrons. The molecule has 0 fully saturated rings. The molecule has 2 heterocycles. The lowest BCUT2D eigenvalue weighted by atomic mass is 10.1. The van der Waals surface area contributed by atoms with Gasteiger partial charge in [0.05, 0.1) is 18.8 Å². The summed E-state index contributed by atoms with van der Waals surface area (Å²) in [7, 11) is 0. The van der Waals surface area contributed by atoms with E-state index in [2.05, 4.69) is 15.4 Å². The topological polar surface area (TPSA) is 112 Å². The molecule has 2 aromatic carbocycles. The third-order valence-electron chi connectivity index (χ3n) is 4.91. The van der Waals surface area contributed by atoms with Crippen LogP contribution in [0, 0.1) is 0 Å². The summed E-state index contributed by atoms with van der Waals surface area (Å²) in [6.45, 7) is 2.43. The number of amides is 1. The Labute approximate surface area is 191 Å². The number of nitrogen functional groups attached to an aromatic ring is 1. The van der Waals surface area contributed by atoms with E-state index < -0.39 is 5.97 Å². The van der Waals surface area contributed by atoms with Gasteiger partial charge in [-0.1, -0.05) is 30.3 Å². The highest BCUT2D eigenvalue weighted by molar-refractivity contribution is 6.02. The van der Waals surface area contributed by atoms with Gasteiger partial charge in [0.15, 0.2) is 0 Å². The lowest BCUT2D eigenvalue weighted by Gasteiger charge is -2.07. The normalized spacial score (nSPS) is 10.6. The maximum atomic E-state index is 12.5. The molecule has 3 N–H and O–H groups in total. The molecule has 0 aliphatic heterocycles. The maximum Gasteiger partial charge on any atom is 0.356 e. The Morgan fingerprint density at radius 2 is 1.79 bits per heavy atom. The van der Waals surface area contributed by atoms with Crippen LogP contribution in [0.3, 0.4) is 0 Å². The lowest BCUT2D eigenvalue weighted by Crippen LogP contribution is -2.14. The number of esters is 1. The van der Waals surface area contributed by atoms with Gasteiger partial charge in [0.2, 0.25) is 0 Å². The summed E-state index contributed by atoms with van der Waals surface area (Å²) in [5, 5.41) is 7.44. The van der Waals surface area contributed by atoms with Crippen LogP contribution in [0.15, 0.2) is 79.0 Å². The van der Waals surface area contributed by atoms with Crippen molar-refractivity contribution in [3.8, 4) is 11.3 Å². The molecule has 4 rings (SSSR count). The Kier molecular flexibility index (Phi) is 6.45. The summed E-state index contributed by atoms with van der Waals surface area (Å²) in [5.74, 6) is -0.730. The fraction of sp³-hybridized carbons (Fsp3) is 0.120. The first-order valence-electron chi connectivity index (χ1n) is 10.5. The quantitative estimate of drug-likeness (QED) is 0.331. The van der Waals surface area contributed by atoms with E-state index in [0.29, 0.717) is 35.0 Å². The molecule has 8 nitrogen and oxygen atoms in total. The van der Waals surface area contributed by atoms with Crippen LogP contribution in [-0.2, 0) is 11.3 Å². The Hall–Kier alpha value is -4.46. The molecular weight excluding hydrogens is 418 g/mol. The number of hydrogen-bond acceptors (Lipinski definition) is 6. The molecule has 8 heteroatoms. The SMILES string of the molecule is CCOC(=O)c1cc(-c2ccc(NC(=O)c3ccccn3)cc2)nn1Cc1ccc(N)cc1. The molecular formula is C25H23N5O3. The minimum atomic E-state index is -0.439. The van der Waals surface area contributed by atoms with Crippen molar-refractivity contribution < 1.29 is 14.3 Å². The number of carbonyl (C=O) groups is 2. The summed E-state index contributed by atoms with van der Waals surface area (Å²) in [6.07, 6.45) is 1.57. The predicted octanol–water partition coefficient (Wildman–Crippen LogP) is 4.00. The molecule has 0 atom stereocenters. The van der Waals surface area contributed by atoms with E-state index >= 15 is 0 Å². The van der Waals surface area contributed by atoms with Crippen LogP contribution >= 0.6 is 0 Å². The molecule has 0 saturated heterocycles. The van der Waals surface area contributed by atoms with Crippen molar-refractivity contribution in [3.05, 3.63) is 95.9 Å². The number of nitrogens with one attached hydrogen (secondary N) is 1. The number of nitrogens with two attached hydrogens (primary N) is 1. The number of aromatic nitrogens is 3. The number of benzene rings is 2. The van der Waals surface area contributed by atoms with Gasteiger partial charge in [-0.15, -0.1) is 0 Å². The van der Waals surface area contributed by atoms with Crippen molar-refractivity contribution in [1.82, 2.24) is 14.8 Å². The van der Waals surface area contributed by atoms with Gasteiger partial charge in [-0.25, -0.2) is 4.79 Å². The summed E-state index contributed by atoms with van der Waals surface area (Å²) in [6, 6.07) is 21.5. The molecule has 0 saturated carbocycles. The van der Waals surface area contributed by atoms with Crippen LogP contribution in [0.5, 0.6) is 0 Å². The molecule has 166 valence electrons. The van der Waals surface area contributed by atoms with Crippen LogP contribution < -0.4 is 11.1 Å². The van der Waals surface area contributed by atoms with Crippen LogP contribution in [0.4, 0.5) is 11.4 Å². The van der Waals surface area contributed by atoms with E-state index in [-0.39, 0.29) is 12.5 Å². The number of anilines is 2. The van der Waals surface area contributed by atoms with E-state index in [4.69, 9.17) is 10.5 Å². The van der Waals surface area contributed by atoms with Gasteiger partial charge in [-0.2, -0.15) is 5.10 Å². The van der Waals surface area contributed by atoms with Gasteiger partial charge in [-0.05, 0) is 55.0 Å². The highest BCUT2D eigenvalue weighted by atomic mass is 16.5. The second-order valence-electron chi connectivity index (χ2n) is 7.28. The zero-order valence-electron chi connectivity index (χ0n) is 18.1. The van der Waals surface area contributed by atoms with Crippen LogP contribution in [0.25, 0.3) is 11.3 Å². The van der Waals surface area contributed by atoms with Crippen molar-refractivity contribution in [2.24, 2.45) is 0 Å². The molecule has 4 aromatic rings. The number of rotatable bonds is 7. The molecule has 0 aliphatic rings. The minimum absolute atomic E-state index is 0.270. The monoisotopic (exact) mass is 441 g/mol.